The van der Waals surface area contributed by atoms with Crippen LogP contribution in [0, 0.1) is 0 Å². The van der Waals surface area contributed by atoms with Gasteiger partial charge in [-0.1, -0.05) is 27.2 Å². The fourth-order valence-electron chi connectivity index (χ4n) is 2.59. The lowest BCUT2D eigenvalue weighted by Crippen LogP contribution is -2.06. The largest absolute Gasteiger partial charge is 0.384 e. The number of rotatable bonds is 6. The topological polar surface area (TPSA) is 43.8 Å². The van der Waals surface area contributed by atoms with E-state index >= 15 is 0 Å². The van der Waals surface area contributed by atoms with Crippen LogP contribution in [0.15, 0.2) is 0 Å². The van der Waals surface area contributed by atoms with Crippen molar-refractivity contribution < 1.29 is 0 Å². The van der Waals surface area contributed by atoms with Crippen molar-refractivity contribution in [1.29, 1.82) is 0 Å². The molecular weight excluding hydrogens is 210 g/mol. The minimum Gasteiger partial charge on any atom is -0.384 e. The number of nitrogens with two attached hydrogens (primary N) is 1. The SMILES string of the molecule is CCCc1nc(C(C)CCC)c(N)n1C1CC1. The summed E-state index contributed by atoms with van der Waals surface area (Å²) < 4.78 is 2.31. The van der Waals surface area contributed by atoms with E-state index in [0.29, 0.717) is 12.0 Å². The van der Waals surface area contributed by atoms with E-state index in [1.54, 1.807) is 0 Å². The predicted molar refractivity (Wildman–Crippen MR) is 72.2 cm³/mol. The molecule has 96 valence electrons. The molecule has 1 fully saturated rings. The lowest BCUT2D eigenvalue weighted by molar-refractivity contribution is 0.650. The Hall–Kier alpha value is -0.990. The molecular formula is C14H25N3. The highest BCUT2D eigenvalue weighted by Crippen LogP contribution is 2.40. The van der Waals surface area contributed by atoms with Crippen LogP contribution in [0.5, 0.6) is 0 Å². The van der Waals surface area contributed by atoms with Crippen molar-refractivity contribution in [2.24, 2.45) is 0 Å². The molecule has 1 aliphatic rings. The summed E-state index contributed by atoms with van der Waals surface area (Å²) >= 11 is 0. The molecule has 2 rings (SSSR count). The standard InChI is InChI=1S/C14H25N3/c1-4-6-10(3)13-14(15)17(11-8-9-11)12(16-13)7-5-2/h10-11H,4-9,15H2,1-3H3. The summed E-state index contributed by atoms with van der Waals surface area (Å²) in [5.41, 5.74) is 7.45. The number of aromatic nitrogens is 2. The smallest absolute Gasteiger partial charge is 0.127 e. The van der Waals surface area contributed by atoms with Gasteiger partial charge in [0.15, 0.2) is 0 Å². The molecule has 3 nitrogen and oxygen atoms in total. The van der Waals surface area contributed by atoms with Crippen LogP contribution < -0.4 is 5.73 Å². The van der Waals surface area contributed by atoms with Crippen LogP contribution >= 0.6 is 0 Å². The molecule has 0 bridgehead atoms. The molecule has 0 aliphatic heterocycles. The van der Waals surface area contributed by atoms with Gasteiger partial charge in [0, 0.05) is 18.4 Å². The highest BCUT2D eigenvalue weighted by atomic mass is 15.2. The minimum atomic E-state index is 0.496. The van der Waals surface area contributed by atoms with E-state index in [1.807, 2.05) is 0 Å². The van der Waals surface area contributed by atoms with Gasteiger partial charge in [-0.3, -0.25) is 0 Å². The van der Waals surface area contributed by atoms with Gasteiger partial charge >= 0.3 is 0 Å². The van der Waals surface area contributed by atoms with Gasteiger partial charge in [0.1, 0.15) is 11.6 Å². The van der Waals surface area contributed by atoms with Crippen LogP contribution in [-0.2, 0) is 6.42 Å². The number of nitrogens with zero attached hydrogens (tertiary/aromatic N) is 2. The zero-order valence-corrected chi connectivity index (χ0v) is 11.4. The highest BCUT2D eigenvalue weighted by Gasteiger charge is 2.30. The number of hydrogen-bond acceptors (Lipinski definition) is 2. The fourth-order valence-corrected chi connectivity index (χ4v) is 2.59. The van der Waals surface area contributed by atoms with Crippen molar-refractivity contribution in [3.05, 3.63) is 11.5 Å². The molecule has 1 aromatic rings. The Kier molecular flexibility index (Phi) is 3.75. The lowest BCUT2D eigenvalue weighted by atomic mass is 10.0. The van der Waals surface area contributed by atoms with E-state index < -0.39 is 0 Å². The summed E-state index contributed by atoms with van der Waals surface area (Å²) in [4.78, 5) is 4.82. The van der Waals surface area contributed by atoms with Gasteiger partial charge in [0.2, 0.25) is 0 Å². The van der Waals surface area contributed by atoms with Gasteiger partial charge in [-0.2, -0.15) is 0 Å². The van der Waals surface area contributed by atoms with Gasteiger partial charge in [0.25, 0.3) is 0 Å². The third-order valence-corrected chi connectivity index (χ3v) is 3.62. The monoisotopic (exact) mass is 235 g/mol. The Balaban J connectivity index is 2.29. The van der Waals surface area contributed by atoms with Gasteiger partial charge < -0.3 is 10.3 Å². The van der Waals surface area contributed by atoms with Gasteiger partial charge in [-0.15, -0.1) is 0 Å². The molecule has 1 aliphatic carbocycles. The molecule has 1 saturated carbocycles. The van der Waals surface area contributed by atoms with Crippen LogP contribution in [0.2, 0.25) is 0 Å². The van der Waals surface area contributed by atoms with Crippen LogP contribution in [0.4, 0.5) is 5.82 Å². The molecule has 0 amide bonds. The lowest BCUT2D eigenvalue weighted by Gasteiger charge is -2.09. The minimum absolute atomic E-state index is 0.496. The molecule has 0 saturated heterocycles. The average molecular weight is 235 g/mol. The Morgan fingerprint density at radius 3 is 2.59 bits per heavy atom. The zero-order chi connectivity index (χ0) is 12.4. The van der Waals surface area contributed by atoms with E-state index in [2.05, 4.69) is 25.3 Å². The highest BCUT2D eigenvalue weighted by molar-refractivity contribution is 5.41. The van der Waals surface area contributed by atoms with E-state index in [0.717, 1.165) is 24.4 Å². The fraction of sp³-hybridized carbons (Fsp3) is 0.786. The van der Waals surface area contributed by atoms with Gasteiger partial charge in [0.05, 0.1) is 5.69 Å². The third-order valence-electron chi connectivity index (χ3n) is 3.62. The number of nitrogen functional groups attached to an aromatic ring is 1. The molecule has 0 aromatic carbocycles. The Labute approximate surface area is 104 Å². The first kappa shape index (κ1) is 12.5. The Morgan fingerprint density at radius 2 is 2.06 bits per heavy atom. The molecule has 1 atom stereocenters. The molecule has 1 heterocycles. The van der Waals surface area contributed by atoms with Gasteiger partial charge in [-0.25, -0.2) is 4.98 Å². The van der Waals surface area contributed by atoms with Crippen LogP contribution in [0.25, 0.3) is 0 Å². The zero-order valence-electron chi connectivity index (χ0n) is 11.4. The molecule has 3 heteroatoms. The molecule has 17 heavy (non-hydrogen) atoms. The third kappa shape index (κ3) is 2.48. The van der Waals surface area contributed by atoms with Crippen molar-refractivity contribution in [2.45, 2.75) is 71.3 Å². The Morgan fingerprint density at radius 1 is 1.35 bits per heavy atom. The van der Waals surface area contributed by atoms with Gasteiger partial charge in [-0.05, 0) is 25.7 Å². The van der Waals surface area contributed by atoms with E-state index in [-0.39, 0.29) is 0 Å². The summed E-state index contributed by atoms with van der Waals surface area (Å²) in [7, 11) is 0. The number of imidazole rings is 1. The molecule has 1 aromatic heterocycles. The first-order chi connectivity index (χ1) is 8.19. The van der Waals surface area contributed by atoms with Crippen molar-refractivity contribution in [3.8, 4) is 0 Å². The second-order valence-corrected chi connectivity index (χ2v) is 5.34. The second kappa shape index (κ2) is 5.11. The Bertz CT molecular complexity index is 377. The van der Waals surface area contributed by atoms with Crippen molar-refractivity contribution in [1.82, 2.24) is 9.55 Å². The number of aryl methyl sites for hydroxylation is 1. The molecule has 0 spiro atoms. The summed E-state index contributed by atoms with van der Waals surface area (Å²) in [5, 5.41) is 0. The van der Waals surface area contributed by atoms with Crippen molar-refractivity contribution in [2.75, 3.05) is 5.73 Å². The predicted octanol–water partition coefficient (Wildman–Crippen LogP) is 3.66. The van der Waals surface area contributed by atoms with E-state index in [9.17, 15) is 0 Å². The maximum absolute atomic E-state index is 6.31. The summed E-state index contributed by atoms with van der Waals surface area (Å²) in [6.07, 6.45) is 7.12. The molecule has 1 unspecified atom stereocenters. The van der Waals surface area contributed by atoms with Crippen LogP contribution in [0.1, 0.15) is 76.4 Å². The first-order valence-electron chi connectivity index (χ1n) is 7.05. The van der Waals surface area contributed by atoms with Crippen molar-refractivity contribution in [3.63, 3.8) is 0 Å². The number of hydrogen-bond donors (Lipinski definition) is 1. The van der Waals surface area contributed by atoms with Crippen LogP contribution in [-0.4, -0.2) is 9.55 Å². The maximum atomic E-state index is 6.31. The van der Waals surface area contributed by atoms with Crippen molar-refractivity contribution >= 4 is 5.82 Å². The normalized spacial score (nSPS) is 17.4. The van der Waals surface area contributed by atoms with Crippen LogP contribution in [0.3, 0.4) is 0 Å². The summed E-state index contributed by atoms with van der Waals surface area (Å²) in [5.74, 6) is 2.65. The summed E-state index contributed by atoms with van der Waals surface area (Å²) in [6.45, 7) is 6.67. The first-order valence-corrected chi connectivity index (χ1v) is 7.05. The van der Waals surface area contributed by atoms with E-state index in [1.165, 1.54) is 31.5 Å². The molecule has 2 N–H and O–H groups in total. The quantitative estimate of drug-likeness (QED) is 0.817. The molecule has 0 radical (unpaired) electrons. The number of anilines is 1. The average Bonchev–Trinajstić information content (AvgIpc) is 3.06. The summed E-state index contributed by atoms with van der Waals surface area (Å²) in [6, 6.07) is 0.645. The maximum Gasteiger partial charge on any atom is 0.127 e. The van der Waals surface area contributed by atoms with E-state index in [4.69, 9.17) is 10.7 Å². The second-order valence-electron chi connectivity index (χ2n) is 5.34.